The molecule has 0 saturated heterocycles. The van der Waals surface area contributed by atoms with Crippen LogP contribution in [0, 0.1) is 6.92 Å². The number of hydrogen-bond acceptors (Lipinski definition) is 6. The molecule has 0 bridgehead atoms. The molecule has 0 radical (unpaired) electrons. The van der Waals surface area contributed by atoms with Crippen LogP contribution in [0.2, 0.25) is 0 Å². The molecule has 148 valence electrons. The molecule has 0 aliphatic heterocycles. The highest BCUT2D eigenvalue weighted by Gasteiger charge is 2.19. The van der Waals surface area contributed by atoms with Crippen LogP contribution in [0.5, 0.6) is 0 Å². The van der Waals surface area contributed by atoms with E-state index in [-0.39, 0.29) is 5.91 Å². The summed E-state index contributed by atoms with van der Waals surface area (Å²) in [5.41, 5.74) is 4.79. The van der Waals surface area contributed by atoms with Gasteiger partial charge in [0.2, 0.25) is 0 Å². The summed E-state index contributed by atoms with van der Waals surface area (Å²) in [7, 11) is 3.36. The summed E-state index contributed by atoms with van der Waals surface area (Å²) in [6.45, 7) is 3.10. The molecule has 0 N–H and O–H groups in total. The van der Waals surface area contributed by atoms with Gasteiger partial charge in [-0.3, -0.25) is 4.79 Å². The van der Waals surface area contributed by atoms with Gasteiger partial charge in [0.1, 0.15) is 15.6 Å². The number of nitrogens with zero attached hydrogens (tertiary/aromatic N) is 3. The van der Waals surface area contributed by atoms with E-state index in [1.54, 1.807) is 25.3 Å². The van der Waals surface area contributed by atoms with Crippen molar-refractivity contribution in [2.75, 3.05) is 27.3 Å². The number of likely N-dealkylation sites (N-methyl/N-ethyl adjacent to an activating group) is 1. The van der Waals surface area contributed by atoms with Gasteiger partial charge in [0.15, 0.2) is 5.58 Å². The van der Waals surface area contributed by atoms with E-state index in [1.807, 2.05) is 24.3 Å². The van der Waals surface area contributed by atoms with Crippen molar-refractivity contribution in [3.05, 3.63) is 59.1 Å². The van der Waals surface area contributed by atoms with E-state index in [1.165, 1.54) is 16.9 Å². The minimum Gasteiger partial charge on any atom is -0.383 e. The Bertz CT molecular complexity index is 1170. The average Bonchev–Trinajstić information content (AvgIpc) is 3.38. The quantitative estimate of drug-likeness (QED) is 0.466. The van der Waals surface area contributed by atoms with Crippen molar-refractivity contribution >= 4 is 28.2 Å². The summed E-state index contributed by atoms with van der Waals surface area (Å²) in [4.78, 5) is 19.1. The molecule has 4 aromatic rings. The molecule has 0 unspecified atom stereocenters. The molecular weight excluding hydrogens is 386 g/mol. The van der Waals surface area contributed by atoms with Crippen molar-refractivity contribution in [1.82, 2.24) is 15.0 Å². The number of carbonyl (C=O) groups excluding carboxylic acids is 1. The minimum absolute atomic E-state index is 0.0829. The molecule has 7 heteroatoms. The number of thiazole rings is 1. The highest BCUT2D eigenvalue weighted by Crippen LogP contribution is 2.34. The molecule has 0 saturated carbocycles. The van der Waals surface area contributed by atoms with Gasteiger partial charge < -0.3 is 14.2 Å². The van der Waals surface area contributed by atoms with Gasteiger partial charge in [0.25, 0.3) is 5.91 Å². The third-order valence-corrected chi connectivity index (χ3v) is 5.82. The number of benzene rings is 2. The van der Waals surface area contributed by atoms with Crippen molar-refractivity contribution in [2.24, 2.45) is 0 Å². The largest absolute Gasteiger partial charge is 0.383 e. The van der Waals surface area contributed by atoms with E-state index >= 15 is 0 Å². The van der Waals surface area contributed by atoms with Gasteiger partial charge in [-0.1, -0.05) is 35.5 Å². The van der Waals surface area contributed by atoms with Crippen LogP contribution in [0.15, 0.2) is 53.2 Å². The first-order valence-electron chi connectivity index (χ1n) is 9.24. The maximum absolute atomic E-state index is 12.5. The Morgan fingerprint density at radius 3 is 2.86 bits per heavy atom. The summed E-state index contributed by atoms with van der Waals surface area (Å²) in [5, 5.41) is 5.76. The Morgan fingerprint density at radius 1 is 1.24 bits per heavy atom. The molecule has 0 spiro atoms. The van der Waals surface area contributed by atoms with Gasteiger partial charge in [0.05, 0.1) is 18.2 Å². The molecule has 0 aliphatic rings. The predicted molar refractivity (Wildman–Crippen MR) is 114 cm³/mol. The highest BCUT2D eigenvalue weighted by molar-refractivity contribution is 7.17. The van der Waals surface area contributed by atoms with E-state index < -0.39 is 0 Å². The summed E-state index contributed by atoms with van der Waals surface area (Å²) in [6, 6.07) is 14.3. The van der Waals surface area contributed by atoms with Crippen LogP contribution >= 0.6 is 11.3 Å². The number of fused-ring (bicyclic) bond motifs is 1. The maximum Gasteiger partial charge on any atom is 0.265 e. The van der Waals surface area contributed by atoms with Crippen LogP contribution in [0.3, 0.4) is 0 Å². The average molecular weight is 407 g/mol. The molecule has 29 heavy (non-hydrogen) atoms. The highest BCUT2D eigenvalue weighted by atomic mass is 32.1. The third-order valence-electron chi connectivity index (χ3n) is 4.82. The molecular formula is C22H21N3O3S. The van der Waals surface area contributed by atoms with E-state index in [2.05, 4.69) is 35.3 Å². The van der Waals surface area contributed by atoms with Crippen molar-refractivity contribution < 1.29 is 14.1 Å². The molecule has 0 atom stereocenters. The molecule has 6 nitrogen and oxygen atoms in total. The van der Waals surface area contributed by atoms with Crippen LogP contribution in [-0.4, -0.2) is 48.3 Å². The van der Waals surface area contributed by atoms with E-state index in [9.17, 15) is 4.79 Å². The number of hydrogen-bond donors (Lipinski definition) is 0. The summed E-state index contributed by atoms with van der Waals surface area (Å²) >= 11 is 1.31. The number of carbonyl (C=O) groups is 1. The van der Waals surface area contributed by atoms with Crippen molar-refractivity contribution in [3.63, 3.8) is 0 Å². The molecule has 2 heterocycles. The number of rotatable bonds is 6. The van der Waals surface area contributed by atoms with Gasteiger partial charge in [-0.2, -0.15) is 0 Å². The second kappa shape index (κ2) is 8.14. The van der Waals surface area contributed by atoms with E-state index in [4.69, 9.17) is 9.26 Å². The zero-order chi connectivity index (χ0) is 20.4. The Balaban J connectivity index is 1.63. The number of ether oxygens (including phenoxy) is 1. The fraction of sp³-hybridized carbons (Fsp3) is 0.227. The van der Waals surface area contributed by atoms with Gasteiger partial charge in [-0.05, 0) is 35.7 Å². The molecule has 0 fully saturated rings. The predicted octanol–water partition coefficient (Wildman–Crippen LogP) is 4.65. The smallest absolute Gasteiger partial charge is 0.265 e. The Kier molecular flexibility index (Phi) is 5.42. The topological polar surface area (TPSA) is 68.5 Å². The fourth-order valence-electron chi connectivity index (χ4n) is 3.16. The molecule has 2 aromatic heterocycles. The van der Waals surface area contributed by atoms with Crippen LogP contribution < -0.4 is 0 Å². The maximum atomic E-state index is 12.5. The SMILES string of the molecule is COCCN(C)C(=O)c1cnc(-c2noc3cc(-c4ccccc4C)ccc23)s1. The number of aromatic nitrogens is 2. The van der Waals surface area contributed by atoms with Crippen molar-refractivity contribution in [2.45, 2.75) is 6.92 Å². The normalized spacial score (nSPS) is 11.1. The second-order valence-corrected chi connectivity index (χ2v) is 7.84. The Labute approximate surface area is 172 Å². The molecule has 2 aromatic carbocycles. The van der Waals surface area contributed by atoms with Crippen LogP contribution in [0.4, 0.5) is 0 Å². The first kappa shape index (κ1) is 19.3. The molecule has 4 rings (SSSR count). The Morgan fingerprint density at radius 2 is 2.07 bits per heavy atom. The standard InChI is InChI=1S/C22H21N3O3S/c1-14-6-4-5-7-16(14)15-8-9-17-18(12-15)28-24-20(17)21-23-13-19(29-21)22(26)25(2)10-11-27-3/h4-9,12-13H,10-11H2,1-3H3. The lowest BCUT2D eigenvalue weighted by Crippen LogP contribution is -2.29. The summed E-state index contributed by atoms with van der Waals surface area (Å²) in [5.74, 6) is -0.0829. The molecule has 1 amide bonds. The monoisotopic (exact) mass is 407 g/mol. The lowest BCUT2D eigenvalue weighted by molar-refractivity contribution is 0.0748. The van der Waals surface area contributed by atoms with E-state index in [0.717, 1.165) is 16.5 Å². The second-order valence-electron chi connectivity index (χ2n) is 6.81. The van der Waals surface area contributed by atoms with Crippen LogP contribution in [-0.2, 0) is 4.74 Å². The fourth-order valence-corrected chi connectivity index (χ4v) is 4.06. The minimum atomic E-state index is -0.0829. The van der Waals surface area contributed by atoms with Crippen molar-refractivity contribution in [3.8, 4) is 21.8 Å². The number of aryl methyl sites for hydroxylation is 1. The van der Waals surface area contributed by atoms with Gasteiger partial charge >= 0.3 is 0 Å². The lowest BCUT2D eigenvalue weighted by Gasteiger charge is -2.14. The first-order chi connectivity index (χ1) is 14.1. The lowest BCUT2D eigenvalue weighted by atomic mass is 10.00. The van der Waals surface area contributed by atoms with Crippen LogP contribution in [0.1, 0.15) is 15.2 Å². The Hall–Kier alpha value is -3.03. The third kappa shape index (κ3) is 3.79. The van der Waals surface area contributed by atoms with Crippen molar-refractivity contribution in [1.29, 1.82) is 0 Å². The zero-order valence-corrected chi connectivity index (χ0v) is 17.3. The summed E-state index contributed by atoms with van der Waals surface area (Å²) < 4.78 is 10.6. The number of methoxy groups -OCH3 is 1. The zero-order valence-electron chi connectivity index (χ0n) is 16.5. The van der Waals surface area contributed by atoms with Gasteiger partial charge in [-0.25, -0.2) is 4.98 Å². The van der Waals surface area contributed by atoms with Crippen LogP contribution in [0.25, 0.3) is 32.8 Å². The first-order valence-corrected chi connectivity index (χ1v) is 10.1. The van der Waals surface area contributed by atoms with Gasteiger partial charge in [0, 0.05) is 20.7 Å². The van der Waals surface area contributed by atoms with E-state index in [0.29, 0.717) is 34.3 Å². The summed E-state index contributed by atoms with van der Waals surface area (Å²) in [6.07, 6.45) is 1.59. The van der Waals surface area contributed by atoms with Gasteiger partial charge in [-0.15, -0.1) is 11.3 Å². The number of amides is 1. The molecule has 0 aliphatic carbocycles.